The van der Waals surface area contributed by atoms with Crippen molar-refractivity contribution in [2.75, 3.05) is 5.32 Å². The van der Waals surface area contributed by atoms with Crippen LogP contribution in [0.25, 0.3) is 0 Å². The largest absolute Gasteiger partial charge is 0.309 e. The molecule has 0 saturated heterocycles. The molecule has 4 saturated carbocycles. The summed E-state index contributed by atoms with van der Waals surface area (Å²) in [7, 11) is 0. The van der Waals surface area contributed by atoms with E-state index in [-0.39, 0.29) is 11.3 Å². The van der Waals surface area contributed by atoms with Crippen molar-refractivity contribution >= 4 is 27.7 Å². The summed E-state index contributed by atoms with van der Waals surface area (Å²) in [6.45, 7) is 0.791. The van der Waals surface area contributed by atoms with Crippen molar-refractivity contribution in [3.8, 4) is 0 Å². The van der Waals surface area contributed by atoms with Crippen LogP contribution in [0.4, 0.5) is 5.82 Å². The second kappa shape index (κ2) is 6.97. The Hall–Kier alpha value is -1.69. The molecule has 28 heavy (non-hydrogen) atoms. The Bertz CT molecular complexity index is 850. The highest BCUT2D eigenvalue weighted by molar-refractivity contribution is 9.10. The summed E-state index contributed by atoms with van der Waals surface area (Å²) in [6, 6.07) is 5.94. The van der Waals surface area contributed by atoms with Gasteiger partial charge in [0.1, 0.15) is 0 Å². The summed E-state index contributed by atoms with van der Waals surface area (Å²) in [6.07, 6.45) is 14.7. The Kier molecular flexibility index (Phi) is 4.57. The maximum absolute atomic E-state index is 12.8. The number of aryl methyl sites for hydroxylation is 2. The Morgan fingerprint density at radius 2 is 1.93 bits per heavy atom. The van der Waals surface area contributed by atoms with Gasteiger partial charge in [0.05, 0.1) is 0 Å². The highest BCUT2D eigenvalue weighted by Crippen LogP contribution is 2.65. The number of aromatic nitrogens is 3. The maximum atomic E-state index is 12.8. The number of carbonyl (C=O) groups excluding carboxylic acids is 1. The zero-order valence-corrected chi connectivity index (χ0v) is 17.7. The van der Waals surface area contributed by atoms with Gasteiger partial charge in [0.15, 0.2) is 5.82 Å². The fourth-order valence-corrected chi connectivity index (χ4v) is 7.93. The molecule has 4 aliphatic rings. The van der Waals surface area contributed by atoms with Gasteiger partial charge in [-0.1, -0.05) is 15.9 Å². The van der Waals surface area contributed by atoms with E-state index in [9.17, 15) is 4.79 Å². The average molecular weight is 443 g/mol. The zero-order chi connectivity index (χ0) is 19.2. The van der Waals surface area contributed by atoms with E-state index < -0.39 is 0 Å². The molecule has 2 unspecified atom stereocenters. The van der Waals surface area contributed by atoms with E-state index in [1.54, 1.807) is 0 Å². The number of hydrogen-bond acceptors (Lipinski definition) is 3. The molecular formula is C22H27BrN4O. The zero-order valence-electron chi connectivity index (χ0n) is 16.1. The summed E-state index contributed by atoms with van der Waals surface area (Å²) >= 11 is 4.04. The number of amides is 1. The summed E-state index contributed by atoms with van der Waals surface area (Å²) in [5, 5.41) is 7.58. The standard InChI is InChI=1S/C22H27BrN4O/c23-22-12-17-9-18(13-22)11-21(10-17,15-22)14-20(28)25-19-4-8-27(26-19)7-3-16-1-5-24-6-2-16/h1-2,4-6,8,17-18H,3,7,9-15H2,(H,25,26,28). The molecule has 0 radical (unpaired) electrons. The predicted molar refractivity (Wildman–Crippen MR) is 112 cm³/mol. The van der Waals surface area contributed by atoms with E-state index in [1.807, 2.05) is 41.5 Å². The van der Waals surface area contributed by atoms with Gasteiger partial charge < -0.3 is 5.32 Å². The Labute approximate surface area is 174 Å². The van der Waals surface area contributed by atoms with Gasteiger partial charge in [-0.15, -0.1) is 0 Å². The van der Waals surface area contributed by atoms with Gasteiger partial charge in [-0.3, -0.25) is 14.5 Å². The summed E-state index contributed by atoms with van der Waals surface area (Å²) in [4.78, 5) is 16.9. The number of nitrogens with one attached hydrogen (secondary N) is 1. The monoisotopic (exact) mass is 442 g/mol. The fourth-order valence-electron chi connectivity index (χ4n) is 6.42. The van der Waals surface area contributed by atoms with Crippen LogP contribution in [0.3, 0.4) is 0 Å². The molecular weight excluding hydrogens is 416 g/mol. The molecule has 4 bridgehead atoms. The van der Waals surface area contributed by atoms with Crippen LogP contribution in [0.5, 0.6) is 0 Å². The number of alkyl halides is 1. The first kappa shape index (κ1) is 18.3. The quantitative estimate of drug-likeness (QED) is 0.665. The first-order chi connectivity index (χ1) is 13.5. The van der Waals surface area contributed by atoms with E-state index >= 15 is 0 Å². The van der Waals surface area contributed by atoms with Crippen molar-refractivity contribution in [2.45, 2.75) is 62.2 Å². The molecule has 5 nitrogen and oxygen atoms in total. The lowest BCUT2D eigenvalue weighted by molar-refractivity contribution is -0.123. The third-order valence-corrected chi connectivity index (χ3v) is 7.86. The number of nitrogens with zero attached hydrogens (tertiary/aromatic N) is 3. The second-order valence-electron chi connectivity index (χ2n) is 9.41. The molecule has 148 valence electrons. The van der Waals surface area contributed by atoms with Crippen molar-refractivity contribution in [3.63, 3.8) is 0 Å². The van der Waals surface area contributed by atoms with Gasteiger partial charge in [-0.2, -0.15) is 5.10 Å². The minimum Gasteiger partial charge on any atom is -0.309 e. The van der Waals surface area contributed by atoms with E-state index in [0.29, 0.717) is 16.6 Å². The van der Waals surface area contributed by atoms with Crippen molar-refractivity contribution in [2.24, 2.45) is 17.3 Å². The van der Waals surface area contributed by atoms with Crippen LogP contribution >= 0.6 is 15.9 Å². The van der Waals surface area contributed by atoms with Crippen molar-refractivity contribution in [1.82, 2.24) is 14.8 Å². The van der Waals surface area contributed by atoms with E-state index in [1.165, 1.54) is 37.7 Å². The fraction of sp³-hybridized carbons (Fsp3) is 0.591. The molecule has 1 N–H and O–H groups in total. The highest BCUT2D eigenvalue weighted by atomic mass is 79.9. The van der Waals surface area contributed by atoms with Crippen LogP contribution in [-0.4, -0.2) is 25.0 Å². The Morgan fingerprint density at radius 1 is 1.18 bits per heavy atom. The molecule has 2 aromatic rings. The molecule has 1 amide bonds. The molecule has 0 aromatic carbocycles. The molecule has 0 spiro atoms. The number of rotatable bonds is 6. The van der Waals surface area contributed by atoms with Gasteiger partial charge in [0, 0.05) is 41.9 Å². The Balaban J connectivity index is 1.18. The average Bonchev–Trinajstić information content (AvgIpc) is 3.05. The van der Waals surface area contributed by atoms with Gasteiger partial charge in [-0.05, 0) is 79.9 Å². The van der Waals surface area contributed by atoms with Crippen LogP contribution in [-0.2, 0) is 17.8 Å². The first-order valence-electron chi connectivity index (χ1n) is 10.4. The number of halogens is 1. The van der Waals surface area contributed by atoms with Crippen LogP contribution in [0.2, 0.25) is 0 Å². The van der Waals surface area contributed by atoms with Gasteiger partial charge in [0.25, 0.3) is 0 Å². The first-order valence-corrected chi connectivity index (χ1v) is 11.2. The lowest BCUT2D eigenvalue weighted by Gasteiger charge is -2.60. The third kappa shape index (κ3) is 3.76. The maximum Gasteiger partial charge on any atom is 0.226 e. The summed E-state index contributed by atoms with van der Waals surface area (Å²) in [5.74, 6) is 2.40. The lowest BCUT2D eigenvalue weighted by atomic mass is 9.48. The molecule has 2 atom stereocenters. The molecule has 2 aromatic heterocycles. The number of anilines is 1. The SMILES string of the molecule is O=C(CC12CC3CC(CC(Br)(C3)C1)C2)Nc1ccn(CCc2ccncc2)n1. The lowest BCUT2D eigenvalue weighted by Crippen LogP contribution is -2.53. The molecule has 6 heteroatoms. The van der Waals surface area contributed by atoms with E-state index in [0.717, 1.165) is 31.2 Å². The predicted octanol–water partition coefficient (Wildman–Crippen LogP) is 4.58. The topological polar surface area (TPSA) is 59.8 Å². The summed E-state index contributed by atoms with van der Waals surface area (Å²) in [5.41, 5.74) is 1.43. The molecule has 0 aliphatic heterocycles. The molecule has 4 aliphatic carbocycles. The van der Waals surface area contributed by atoms with E-state index in [2.05, 4.69) is 31.3 Å². The minimum atomic E-state index is 0.123. The molecule has 6 rings (SSSR count). The van der Waals surface area contributed by atoms with Gasteiger partial charge in [-0.25, -0.2) is 0 Å². The Morgan fingerprint density at radius 3 is 2.64 bits per heavy atom. The number of pyridine rings is 1. The van der Waals surface area contributed by atoms with Crippen LogP contribution in [0, 0.1) is 17.3 Å². The number of carbonyl (C=O) groups is 1. The van der Waals surface area contributed by atoms with Gasteiger partial charge in [0.2, 0.25) is 5.91 Å². The van der Waals surface area contributed by atoms with Gasteiger partial charge >= 0.3 is 0 Å². The van der Waals surface area contributed by atoms with Crippen LogP contribution in [0.15, 0.2) is 36.8 Å². The van der Waals surface area contributed by atoms with E-state index in [4.69, 9.17) is 0 Å². The minimum absolute atomic E-state index is 0.123. The van der Waals surface area contributed by atoms with Crippen LogP contribution < -0.4 is 5.32 Å². The van der Waals surface area contributed by atoms with Crippen molar-refractivity contribution < 1.29 is 4.79 Å². The second-order valence-corrected chi connectivity index (χ2v) is 11.1. The molecule has 2 heterocycles. The highest BCUT2D eigenvalue weighted by Gasteiger charge is 2.57. The van der Waals surface area contributed by atoms with Crippen molar-refractivity contribution in [3.05, 3.63) is 42.4 Å². The molecule has 4 fully saturated rings. The third-order valence-electron chi connectivity index (χ3n) is 6.93. The van der Waals surface area contributed by atoms with Crippen molar-refractivity contribution in [1.29, 1.82) is 0 Å². The summed E-state index contributed by atoms with van der Waals surface area (Å²) < 4.78 is 2.19. The number of hydrogen-bond donors (Lipinski definition) is 1. The smallest absolute Gasteiger partial charge is 0.226 e. The van der Waals surface area contributed by atoms with Crippen LogP contribution in [0.1, 0.15) is 50.5 Å². The normalized spacial score (nSPS) is 33.2.